The summed E-state index contributed by atoms with van der Waals surface area (Å²) < 4.78 is 25.9. The number of hydrogen-bond acceptors (Lipinski definition) is 4. The lowest BCUT2D eigenvalue weighted by atomic mass is 10.0. The predicted molar refractivity (Wildman–Crippen MR) is 88.9 cm³/mol. The highest BCUT2D eigenvalue weighted by atomic mass is 32.2. The van der Waals surface area contributed by atoms with E-state index in [2.05, 4.69) is 30.8 Å². The van der Waals surface area contributed by atoms with E-state index < -0.39 is 10.0 Å². The van der Waals surface area contributed by atoms with E-state index in [1.54, 1.807) is 12.1 Å². The van der Waals surface area contributed by atoms with Gasteiger partial charge >= 0.3 is 0 Å². The Bertz CT molecular complexity index is 556. The quantitative estimate of drug-likeness (QED) is 0.644. The van der Waals surface area contributed by atoms with Crippen molar-refractivity contribution < 1.29 is 8.42 Å². The van der Waals surface area contributed by atoms with Gasteiger partial charge in [-0.15, -0.1) is 0 Å². The van der Waals surface area contributed by atoms with Crippen LogP contribution >= 0.6 is 0 Å². The zero-order valence-electron chi connectivity index (χ0n) is 13.3. The van der Waals surface area contributed by atoms with E-state index in [0.717, 1.165) is 12.8 Å². The summed E-state index contributed by atoms with van der Waals surface area (Å²) >= 11 is 0. The standard InChI is InChI=1S/C15H27N3O2S/c1-11(2)6-5-7-12(3)18-15-10-13(8-9-14(15)16)21(19,20)17-4/h8-12,17-18H,5-7,16H2,1-4H3. The van der Waals surface area contributed by atoms with Gasteiger partial charge in [0.25, 0.3) is 0 Å². The third kappa shape index (κ3) is 5.55. The first-order chi connectivity index (χ1) is 9.76. The Morgan fingerprint density at radius 2 is 1.86 bits per heavy atom. The summed E-state index contributed by atoms with van der Waals surface area (Å²) in [4.78, 5) is 0.219. The molecule has 0 aliphatic rings. The SMILES string of the molecule is CNS(=O)(=O)c1ccc(N)c(NC(C)CCCC(C)C)c1. The normalized spacial score (nSPS) is 13.4. The molecule has 0 amide bonds. The molecule has 21 heavy (non-hydrogen) atoms. The molecule has 1 rings (SSSR count). The van der Waals surface area contributed by atoms with Crippen LogP contribution in [0.2, 0.25) is 0 Å². The number of benzene rings is 1. The minimum atomic E-state index is -3.45. The summed E-state index contributed by atoms with van der Waals surface area (Å²) in [6.07, 6.45) is 3.36. The molecule has 0 bridgehead atoms. The first-order valence-corrected chi connectivity index (χ1v) is 8.84. The molecular formula is C15H27N3O2S. The molecular weight excluding hydrogens is 286 g/mol. The van der Waals surface area contributed by atoms with Gasteiger partial charge in [-0.1, -0.05) is 26.7 Å². The smallest absolute Gasteiger partial charge is 0.240 e. The lowest BCUT2D eigenvalue weighted by Gasteiger charge is -2.18. The molecule has 1 unspecified atom stereocenters. The molecule has 6 heteroatoms. The highest BCUT2D eigenvalue weighted by molar-refractivity contribution is 7.89. The largest absolute Gasteiger partial charge is 0.397 e. The molecule has 0 radical (unpaired) electrons. The van der Waals surface area contributed by atoms with Crippen LogP contribution < -0.4 is 15.8 Å². The van der Waals surface area contributed by atoms with E-state index in [9.17, 15) is 8.42 Å². The number of anilines is 2. The van der Waals surface area contributed by atoms with E-state index in [1.165, 1.54) is 19.5 Å². The number of hydrogen-bond donors (Lipinski definition) is 3. The molecule has 0 saturated heterocycles. The molecule has 5 nitrogen and oxygen atoms in total. The van der Waals surface area contributed by atoms with Crippen molar-refractivity contribution >= 4 is 21.4 Å². The van der Waals surface area contributed by atoms with Gasteiger partial charge in [-0.2, -0.15) is 0 Å². The topological polar surface area (TPSA) is 84.2 Å². The molecule has 0 heterocycles. The van der Waals surface area contributed by atoms with Crippen LogP contribution in [0.4, 0.5) is 11.4 Å². The summed E-state index contributed by atoms with van der Waals surface area (Å²) in [5.74, 6) is 0.700. The minimum absolute atomic E-state index is 0.219. The molecule has 1 aromatic carbocycles. The summed E-state index contributed by atoms with van der Waals surface area (Å²) in [6, 6.07) is 4.96. The Morgan fingerprint density at radius 1 is 1.19 bits per heavy atom. The molecule has 0 aliphatic carbocycles. The zero-order chi connectivity index (χ0) is 16.0. The van der Waals surface area contributed by atoms with Gasteiger partial charge < -0.3 is 11.1 Å². The Labute approximate surface area is 128 Å². The Morgan fingerprint density at radius 3 is 2.43 bits per heavy atom. The molecule has 0 aromatic heterocycles. The fourth-order valence-corrected chi connectivity index (χ4v) is 2.87. The Kier molecular flexibility index (Phi) is 6.48. The van der Waals surface area contributed by atoms with Crippen LogP contribution in [0.15, 0.2) is 23.1 Å². The number of nitrogen functional groups attached to an aromatic ring is 1. The van der Waals surface area contributed by atoms with Crippen LogP contribution in [0.5, 0.6) is 0 Å². The lowest BCUT2D eigenvalue weighted by Crippen LogP contribution is -2.20. The lowest BCUT2D eigenvalue weighted by molar-refractivity contribution is 0.520. The van der Waals surface area contributed by atoms with Crippen LogP contribution in [0.1, 0.15) is 40.0 Å². The van der Waals surface area contributed by atoms with Gasteiger partial charge in [-0.3, -0.25) is 0 Å². The molecule has 0 fully saturated rings. The Hall–Kier alpha value is -1.27. The summed E-state index contributed by atoms with van der Waals surface area (Å²) in [5, 5.41) is 3.30. The third-order valence-electron chi connectivity index (χ3n) is 3.42. The second kappa shape index (κ2) is 7.66. The van der Waals surface area contributed by atoms with Gasteiger partial charge in [0.05, 0.1) is 16.3 Å². The molecule has 1 aromatic rings. The van der Waals surface area contributed by atoms with Crippen molar-refractivity contribution in [3.05, 3.63) is 18.2 Å². The maximum Gasteiger partial charge on any atom is 0.240 e. The van der Waals surface area contributed by atoms with Crippen LogP contribution in [-0.2, 0) is 10.0 Å². The zero-order valence-corrected chi connectivity index (χ0v) is 14.1. The maximum absolute atomic E-state index is 11.8. The molecule has 4 N–H and O–H groups in total. The Balaban J connectivity index is 2.76. The van der Waals surface area contributed by atoms with Crippen molar-refractivity contribution in [3.63, 3.8) is 0 Å². The monoisotopic (exact) mass is 313 g/mol. The average molecular weight is 313 g/mol. The molecule has 0 saturated carbocycles. The van der Waals surface area contributed by atoms with Gasteiger partial charge in [0.2, 0.25) is 10.0 Å². The van der Waals surface area contributed by atoms with Crippen LogP contribution in [0.3, 0.4) is 0 Å². The van der Waals surface area contributed by atoms with Crippen molar-refractivity contribution in [2.24, 2.45) is 5.92 Å². The fraction of sp³-hybridized carbons (Fsp3) is 0.600. The third-order valence-corrected chi connectivity index (χ3v) is 4.84. The number of rotatable bonds is 8. The fourth-order valence-electron chi connectivity index (χ4n) is 2.12. The van der Waals surface area contributed by atoms with E-state index in [1.807, 2.05) is 0 Å². The summed E-state index contributed by atoms with van der Waals surface area (Å²) in [6.45, 7) is 6.50. The van der Waals surface area contributed by atoms with Crippen LogP contribution in [-0.4, -0.2) is 21.5 Å². The summed E-state index contributed by atoms with van der Waals surface area (Å²) in [7, 11) is -2.05. The summed E-state index contributed by atoms with van der Waals surface area (Å²) in [5.41, 5.74) is 7.15. The first kappa shape index (κ1) is 17.8. The van der Waals surface area contributed by atoms with Crippen molar-refractivity contribution in [1.82, 2.24) is 4.72 Å². The van der Waals surface area contributed by atoms with Gasteiger partial charge in [0.15, 0.2) is 0 Å². The second-order valence-electron chi connectivity index (χ2n) is 5.83. The molecule has 0 aliphatic heterocycles. The highest BCUT2D eigenvalue weighted by Crippen LogP contribution is 2.24. The van der Waals surface area contributed by atoms with E-state index >= 15 is 0 Å². The minimum Gasteiger partial charge on any atom is -0.397 e. The predicted octanol–water partition coefficient (Wildman–Crippen LogP) is 2.80. The van der Waals surface area contributed by atoms with E-state index in [0.29, 0.717) is 17.3 Å². The van der Waals surface area contributed by atoms with Crippen molar-refractivity contribution in [2.45, 2.75) is 51.0 Å². The van der Waals surface area contributed by atoms with Crippen molar-refractivity contribution in [1.29, 1.82) is 0 Å². The number of nitrogens with one attached hydrogen (secondary N) is 2. The van der Waals surface area contributed by atoms with Gasteiger partial charge in [0.1, 0.15) is 0 Å². The van der Waals surface area contributed by atoms with Crippen LogP contribution in [0, 0.1) is 5.92 Å². The van der Waals surface area contributed by atoms with Crippen molar-refractivity contribution in [3.8, 4) is 0 Å². The van der Waals surface area contributed by atoms with Crippen LogP contribution in [0.25, 0.3) is 0 Å². The maximum atomic E-state index is 11.8. The highest BCUT2D eigenvalue weighted by Gasteiger charge is 2.14. The van der Waals surface area contributed by atoms with Crippen molar-refractivity contribution in [2.75, 3.05) is 18.1 Å². The number of nitrogens with two attached hydrogens (primary N) is 1. The molecule has 0 spiro atoms. The molecule has 1 atom stereocenters. The van der Waals surface area contributed by atoms with Gasteiger partial charge in [0, 0.05) is 6.04 Å². The number of sulfonamides is 1. The second-order valence-corrected chi connectivity index (χ2v) is 7.71. The average Bonchev–Trinajstić information content (AvgIpc) is 2.40. The van der Waals surface area contributed by atoms with E-state index in [4.69, 9.17) is 5.73 Å². The van der Waals surface area contributed by atoms with Gasteiger partial charge in [-0.05, 0) is 44.5 Å². The van der Waals surface area contributed by atoms with E-state index in [-0.39, 0.29) is 10.9 Å². The first-order valence-electron chi connectivity index (χ1n) is 7.36. The molecule has 120 valence electrons. The van der Waals surface area contributed by atoms with Gasteiger partial charge in [-0.25, -0.2) is 13.1 Å².